The van der Waals surface area contributed by atoms with Gasteiger partial charge in [-0.3, -0.25) is 0 Å². The lowest BCUT2D eigenvalue weighted by molar-refractivity contribution is 1.11. The molecule has 21 heavy (non-hydrogen) atoms. The first kappa shape index (κ1) is 13.8. The van der Waals surface area contributed by atoms with Gasteiger partial charge in [0.25, 0.3) is 0 Å². The number of fused-ring (bicyclic) bond motifs is 1. The summed E-state index contributed by atoms with van der Waals surface area (Å²) in [5, 5.41) is 7.06. The van der Waals surface area contributed by atoms with E-state index >= 15 is 0 Å². The molecule has 0 radical (unpaired) electrons. The average molecular weight is 281 g/mol. The molecule has 2 aromatic carbocycles. The summed E-state index contributed by atoms with van der Waals surface area (Å²) in [6.07, 6.45) is 1.14. The number of aryl methyl sites for hydroxylation is 1. The van der Waals surface area contributed by atoms with Crippen LogP contribution in [0.25, 0.3) is 0 Å². The predicted molar refractivity (Wildman–Crippen MR) is 91.5 cm³/mol. The summed E-state index contributed by atoms with van der Waals surface area (Å²) >= 11 is 0. The molecule has 2 aromatic rings. The molecule has 0 atom stereocenters. The average Bonchev–Trinajstić information content (AvgIpc) is 2.94. The maximum absolute atomic E-state index is 3.57. The van der Waals surface area contributed by atoms with Gasteiger partial charge in [0, 0.05) is 44.2 Å². The molecule has 2 N–H and O–H groups in total. The molecule has 3 rings (SSSR count). The van der Waals surface area contributed by atoms with Crippen molar-refractivity contribution < 1.29 is 0 Å². The van der Waals surface area contributed by atoms with Crippen LogP contribution in [0.2, 0.25) is 0 Å². The summed E-state index contributed by atoms with van der Waals surface area (Å²) in [6, 6.07) is 13.1. The molecule has 1 aliphatic rings. The molecule has 3 heteroatoms. The summed E-state index contributed by atoms with van der Waals surface area (Å²) in [7, 11) is 4.14. The largest absolute Gasteiger partial charge is 0.384 e. The van der Waals surface area contributed by atoms with E-state index in [1.165, 1.54) is 33.8 Å². The number of nitrogens with zero attached hydrogens (tertiary/aromatic N) is 1. The first-order chi connectivity index (χ1) is 10.1. The fourth-order valence-corrected chi connectivity index (χ4v) is 2.87. The molecule has 1 heterocycles. The molecule has 3 nitrogen and oxygen atoms in total. The van der Waals surface area contributed by atoms with Crippen LogP contribution in [0.15, 0.2) is 36.4 Å². The second-order valence-corrected chi connectivity index (χ2v) is 5.88. The Bertz CT molecular complexity index is 647. The number of hydrogen-bond donors (Lipinski definition) is 2. The van der Waals surface area contributed by atoms with Crippen molar-refractivity contribution in [2.45, 2.75) is 19.9 Å². The van der Waals surface area contributed by atoms with Crippen molar-refractivity contribution in [2.24, 2.45) is 0 Å². The van der Waals surface area contributed by atoms with Crippen molar-refractivity contribution in [3.63, 3.8) is 0 Å². The second kappa shape index (κ2) is 5.68. The van der Waals surface area contributed by atoms with Crippen molar-refractivity contribution >= 4 is 17.1 Å². The van der Waals surface area contributed by atoms with Crippen LogP contribution in [0.4, 0.5) is 17.1 Å². The lowest BCUT2D eigenvalue weighted by Gasteiger charge is -2.17. The molecule has 0 spiro atoms. The van der Waals surface area contributed by atoms with E-state index in [0.29, 0.717) is 0 Å². The van der Waals surface area contributed by atoms with Gasteiger partial charge in [-0.25, -0.2) is 0 Å². The van der Waals surface area contributed by atoms with Gasteiger partial charge in [-0.2, -0.15) is 0 Å². The number of anilines is 3. The van der Waals surface area contributed by atoms with Gasteiger partial charge >= 0.3 is 0 Å². The Morgan fingerprint density at radius 1 is 1.19 bits per heavy atom. The van der Waals surface area contributed by atoms with Gasteiger partial charge in [0.2, 0.25) is 0 Å². The highest BCUT2D eigenvalue weighted by Gasteiger charge is 2.13. The van der Waals surface area contributed by atoms with E-state index in [-0.39, 0.29) is 0 Å². The van der Waals surface area contributed by atoms with Crippen molar-refractivity contribution in [1.29, 1.82) is 0 Å². The lowest BCUT2D eigenvalue weighted by atomic mass is 10.1. The summed E-state index contributed by atoms with van der Waals surface area (Å²) in [5.41, 5.74) is 7.83. The third-order valence-corrected chi connectivity index (χ3v) is 4.13. The number of hydrogen-bond acceptors (Lipinski definition) is 3. The maximum atomic E-state index is 3.57. The van der Waals surface area contributed by atoms with Gasteiger partial charge in [-0.15, -0.1) is 0 Å². The Kier molecular flexibility index (Phi) is 3.74. The summed E-state index contributed by atoms with van der Waals surface area (Å²) < 4.78 is 0. The van der Waals surface area contributed by atoms with Gasteiger partial charge < -0.3 is 15.5 Å². The molecule has 0 saturated heterocycles. The van der Waals surface area contributed by atoms with Gasteiger partial charge in [0.1, 0.15) is 0 Å². The van der Waals surface area contributed by atoms with Crippen LogP contribution < -0.4 is 15.5 Å². The fraction of sp³-hybridized carbons (Fsp3) is 0.333. The molecular weight excluding hydrogens is 258 g/mol. The highest BCUT2D eigenvalue weighted by atomic mass is 15.1. The molecule has 1 aliphatic heterocycles. The summed E-state index contributed by atoms with van der Waals surface area (Å²) in [4.78, 5) is 2.13. The van der Waals surface area contributed by atoms with E-state index < -0.39 is 0 Å². The molecule has 0 aromatic heterocycles. The minimum absolute atomic E-state index is 0.859. The van der Waals surface area contributed by atoms with Crippen LogP contribution in [0.5, 0.6) is 0 Å². The zero-order valence-corrected chi connectivity index (χ0v) is 13.0. The summed E-state index contributed by atoms with van der Waals surface area (Å²) in [6.45, 7) is 4.07. The Morgan fingerprint density at radius 2 is 2.05 bits per heavy atom. The third kappa shape index (κ3) is 2.82. The van der Waals surface area contributed by atoms with Crippen LogP contribution in [0, 0.1) is 6.92 Å². The minimum Gasteiger partial charge on any atom is -0.384 e. The quantitative estimate of drug-likeness (QED) is 0.896. The Morgan fingerprint density at radius 3 is 2.81 bits per heavy atom. The van der Waals surface area contributed by atoms with Crippen LogP contribution in [0.3, 0.4) is 0 Å². The fourth-order valence-electron chi connectivity index (χ4n) is 2.87. The molecular formula is C18H23N3. The monoisotopic (exact) mass is 281 g/mol. The molecule has 0 fully saturated rings. The van der Waals surface area contributed by atoms with Crippen LogP contribution in [-0.4, -0.2) is 20.6 Å². The highest BCUT2D eigenvalue weighted by Crippen LogP contribution is 2.28. The highest BCUT2D eigenvalue weighted by molar-refractivity contribution is 5.64. The lowest BCUT2D eigenvalue weighted by Crippen LogP contribution is -2.09. The zero-order chi connectivity index (χ0) is 14.8. The number of benzene rings is 2. The van der Waals surface area contributed by atoms with E-state index in [2.05, 4.69) is 73.0 Å². The topological polar surface area (TPSA) is 27.3 Å². The predicted octanol–water partition coefficient (Wildman–Crippen LogP) is 3.64. The molecule has 0 saturated carbocycles. The second-order valence-electron chi connectivity index (χ2n) is 5.88. The van der Waals surface area contributed by atoms with E-state index in [9.17, 15) is 0 Å². The molecule has 0 amide bonds. The standard InChI is InChI=1S/C18H23N3/c1-13-11-16(21(2)3)7-8-17(13)20-12-15-6-4-5-14-9-10-19-18(14)15/h4-8,11,19-20H,9-10,12H2,1-3H3. The number of rotatable bonds is 4. The Labute approximate surface area is 127 Å². The third-order valence-electron chi connectivity index (χ3n) is 4.13. The minimum atomic E-state index is 0.859. The molecule has 0 unspecified atom stereocenters. The van der Waals surface area contributed by atoms with E-state index in [1.54, 1.807) is 0 Å². The van der Waals surface area contributed by atoms with E-state index in [4.69, 9.17) is 0 Å². The van der Waals surface area contributed by atoms with E-state index in [1.807, 2.05) is 0 Å². The SMILES string of the molecule is Cc1cc(N(C)C)ccc1NCc1cccc2c1NCC2. The molecule has 110 valence electrons. The summed E-state index contributed by atoms with van der Waals surface area (Å²) in [5.74, 6) is 0. The smallest absolute Gasteiger partial charge is 0.0424 e. The van der Waals surface area contributed by atoms with Crippen molar-refractivity contribution in [2.75, 3.05) is 36.2 Å². The normalized spacial score (nSPS) is 12.7. The van der Waals surface area contributed by atoms with Crippen molar-refractivity contribution in [1.82, 2.24) is 0 Å². The van der Waals surface area contributed by atoms with Gasteiger partial charge in [0.15, 0.2) is 0 Å². The van der Waals surface area contributed by atoms with Crippen LogP contribution in [-0.2, 0) is 13.0 Å². The first-order valence-corrected chi connectivity index (χ1v) is 7.51. The first-order valence-electron chi connectivity index (χ1n) is 7.51. The van der Waals surface area contributed by atoms with Crippen LogP contribution >= 0.6 is 0 Å². The van der Waals surface area contributed by atoms with Gasteiger partial charge in [0.05, 0.1) is 0 Å². The molecule has 0 bridgehead atoms. The van der Waals surface area contributed by atoms with Gasteiger partial charge in [-0.05, 0) is 48.2 Å². The maximum Gasteiger partial charge on any atom is 0.0424 e. The molecule has 0 aliphatic carbocycles. The van der Waals surface area contributed by atoms with E-state index in [0.717, 1.165) is 19.5 Å². The Balaban J connectivity index is 1.75. The van der Waals surface area contributed by atoms with Crippen molar-refractivity contribution in [3.05, 3.63) is 53.1 Å². The van der Waals surface area contributed by atoms with Crippen LogP contribution in [0.1, 0.15) is 16.7 Å². The number of nitrogens with one attached hydrogen (secondary N) is 2. The van der Waals surface area contributed by atoms with Crippen molar-refractivity contribution in [3.8, 4) is 0 Å². The Hall–Kier alpha value is -2.16. The van der Waals surface area contributed by atoms with Gasteiger partial charge in [-0.1, -0.05) is 18.2 Å². The zero-order valence-electron chi connectivity index (χ0n) is 13.0. The number of para-hydroxylation sites is 1.